The number of alkyl halides is 1. The zero-order valence-electron chi connectivity index (χ0n) is 11.6. The summed E-state index contributed by atoms with van der Waals surface area (Å²) < 4.78 is 11.3. The summed E-state index contributed by atoms with van der Waals surface area (Å²) in [6.07, 6.45) is 1.74. The first kappa shape index (κ1) is 14.8. The molecular formula is C15H20Cl2O2. The van der Waals surface area contributed by atoms with E-state index in [9.17, 15) is 0 Å². The Morgan fingerprint density at radius 2 is 1.74 bits per heavy atom. The first-order chi connectivity index (χ1) is 8.87. The van der Waals surface area contributed by atoms with Crippen molar-refractivity contribution in [1.82, 2.24) is 0 Å². The largest absolute Gasteiger partial charge is 0.490 e. The maximum Gasteiger partial charge on any atom is 0.162 e. The molecule has 0 saturated heterocycles. The second-order valence-electron chi connectivity index (χ2n) is 6.10. The molecule has 1 aromatic carbocycles. The predicted octanol–water partition coefficient (Wildman–Crippen LogP) is 5.22. The number of rotatable bonds is 2. The van der Waals surface area contributed by atoms with E-state index < -0.39 is 0 Å². The van der Waals surface area contributed by atoms with Gasteiger partial charge in [-0.2, -0.15) is 0 Å². The van der Waals surface area contributed by atoms with Crippen molar-refractivity contribution in [2.24, 2.45) is 5.41 Å². The van der Waals surface area contributed by atoms with Crippen LogP contribution in [0.3, 0.4) is 0 Å². The van der Waals surface area contributed by atoms with Gasteiger partial charge in [0.05, 0.1) is 18.6 Å². The third-order valence-corrected chi connectivity index (χ3v) is 3.71. The average Bonchev–Trinajstić information content (AvgIpc) is 2.50. The third-order valence-electron chi connectivity index (χ3n) is 3.00. The summed E-state index contributed by atoms with van der Waals surface area (Å²) >= 11 is 12.8. The predicted molar refractivity (Wildman–Crippen MR) is 79.7 cm³/mol. The van der Waals surface area contributed by atoms with Crippen molar-refractivity contribution in [3.05, 3.63) is 22.7 Å². The standard InChI is InChI=1S/C15H20Cl2O2/c1-15(2,3)9-12(17)10-7-13-14(8-11(10)16)19-6-4-5-18-13/h7-8,12H,4-6,9H2,1-3H3. The van der Waals surface area contributed by atoms with Gasteiger partial charge in [-0.25, -0.2) is 0 Å². The van der Waals surface area contributed by atoms with Gasteiger partial charge in [-0.05, 0) is 23.5 Å². The normalized spacial score (nSPS) is 16.9. The second kappa shape index (κ2) is 5.80. The molecule has 0 aromatic heterocycles. The molecule has 0 spiro atoms. The summed E-state index contributed by atoms with van der Waals surface area (Å²) in [6.45, 7) is 7.83. The molecule has 1 atom stereocenters. The van der Waals surface area contributed by atoms with E-state index in [0.29, 0.717) is 24.0 Å². The highest BCUT2D eigenvalue weighted by Gasteiger charge is 2.23. The average molecular weight is 303 g/mol. The van der Waals surface area contributed by atoms with Crippen LogP contribution in [0.15, 0.2) is 12.1 Å². The minimum Gasteiger partial charge on any atom is -0.490 e. The Morgan fingerprint density at radius 3 is 2.32 bits per heavy atom. The molecule has 1 heterocycles. The number of hydrogen-bond acceptors (Lipinski definition) is 2. The number of ether oxygens (including phenoxy) is 2. The lowest BCUT2D eigenvalue weighted by Gasteiger charge is -2.23. The zero-order valence-corrected chi connectivity index (χ0v) is 13.1. The molecule has 0 saturated carbocycles. The first-order valence-corrected chi connectivity index (χ1v) is 7.41. The van der Waals surface area contributed by atoms with Gasteiger partial charge in [-0.1, -0.05) is 32.4 Å². The van der Waals surface area contributed by atoms with Gasteiger partial charge in [-0.3, -0.25) is 0 Å². The molecule has 0 bridgehead atoms. The van der Waals surface area contributed by atoms with E-state index in [1.165, 1.54) is 0 Å². The van der Waals surface area contributed by atoms with Gasteiger partial charge in [0.2, 0.25) is 0 Å². The summed E-state index contributed by atoms with van der Waals surface area (Å²) in [5.74, 6) is 1.46. The van der Waals surface area contributed by atoms with Gasteiger partial charge in [0, 0.05) is 17.5 Å². The molecular weight excluding hydrogens is 283 g/mol. The summed E-state index contributed by atoms with van der Waals surface area (Å²) in [7, 11) is 0. The molecule has 19 heavy (non-hydrogen) atoms. The molecule has 0 radical (unpaired) electrons. The van der Waals surface area contributed by atoms with Gasteiger partial charge < -0.3 is 9.47 Å². The van der Waals surface area contributed by atoms with Crippen molar-refractivity contribution < 1.29 is 9.47 Å². The van der Waals surface area contributed by atoms with Crippen LogP contribution in [0.25, 0.3) is 0 Å². The monoisotopic (exact) mass is 302 g/mol. The topological polar surface area (TPSA) is 18.5 Å². The summed E-state index contributed by atoms with van der Waals surface area (Å²) in [5.41, 5.74) is 1.07. The van der Waals surface area contributed by atoms with Crippen LogP contribution in [0.4, 0.5) is 0 Å². The molecule has 2 nitrogen and oxygen atoms in total. The lowest BCUT2D eigenvalue weighted by atomic mass is 9.88. The van der Waals surface area contributed by atoms with Gasteiger partial charge in [0.1, 0.15) is 0 Å². The van der Waals surface area contributed by atoms with E-state index in [-0.39, 0.29) is 10.8 Å². The van der Waals surface area contributed by atoms with Crippen LogP contribution in [0.5, 0.6) is 11.5 Å². The van der Waals surface area contributed by atoms with Crippen LogP contribution >= 0.6 is 23.2 Å². The molecule has 0 N–H and O–H groups in total. The lowest BCUT2D eigenvalue weighted by molar-refractivity contribution is 0.297. The van der Waals surface area contributed by atoms with Crippen molar-refractivity contribution in [3.8, 4) is 11.5 Å². The smallest absolute Gasteiger partial charge is 0.162 e. The van der Waals surface area contributed by atoms with Crippen molar-refractivity contribution in [1.29, 1.82) is 0 Å². The number of halogens is 2. The van der Waals surface area contributed by atoms with Crippen molar-refractivity contribution in [3.63, 3.8) is 0 Å². The Morgan fingerprint density at radius 1 is 1.16 bits per heavy atom. The quantitative estimate of drug-likeness (QED) is 0.698. The summed E-state index contributed by atoms with van der Waals surface area (Å²) in [5, 5.41) is 0.526. The molecule has 0 aliphatic carbocycles. The minimum absolute atomic E-state index is 0.121. The van der Waals surface area contributed by atoms with Gasteiger partial charge in [-0.15, -0.1) is 11.6 Å². The van der Waals surface area contributed by atoms with Crippen molar-refractivity contribution >= 4 is 23.2 Å². The van der Waals surface area contributed by atoms with Gasteiger partial charge in [0.15, 0.2) is 11.5 Å². The summed E-state index contributed by atoms with van der Waals surface area (Å²) in [6, 6.07) is 3.74. The van der Waals surface area contributed by atoms with Crippen molar-refractivity contribution in [2.75, 3.05) is 13.2 Å². The SMILES string of the molecule is CC(C)(C)CC(Cl)c1cc2c(cc1Cl)OCCCO2. The fourth-order valence-electron chi connectivity index (χ4n) is 2.09. The van der Waals surface area contributed by atoms with Crippen LogP contribution in [-0.4, -0.2) is 13.2 Å². The molecule has 1 aromatic rings. The molecule has 4 heteroatoms. The maximum absolute atomic E-state index is 6.50. The van der Waals surface area contributed by atoms with Gasteiger partial charge in [0.25, 0.3) is 0 Å². The van der Waals surface area contributed by atoms with E-state index in [1.54, 1.807) is 0 Å². The van der Waals surface area contributed by atoms with Crippen LogP contribution in [-0.2, 0) is 0 Å². The maximum atomic E-state index is 6.50. The van der Waals surface area contributed by atoms with E-state index >= 15 is 0 Å². The summed E-state index contributed by atoms with van der Waals surface area (Å²) in [4.78, 5) is 0. The van der Waals surface area contributed by atoms with Crippen LogP contribution in [0, 0.1) is 5.41 Å². The minimum atomic E-state index is -0.121. The fourth-order valence-corrected chi connectivity index (χ4v) is 3.07. The van der Waals surface area contributed by atoms with Crippen molar-refractivity contribution in [2.45, 2.75) is 39.0 Å². The molecule has 0 amide bonds. The highest BCUT2D eigenvalue weighted by molar-refractivity contribution is 6.33. The van der Waals surface area contributed by atoms with E-state index in [1.807, 2.05) is 12.1 Å². The Hall–Kier alpha value is -0.600. The van der Waals surface area contributed by atoms with Gasteiger partial charge >= 0.3 is 0 Å². The van der Waals surface area contributed by atoms with E-state index in [4.69, 9.17) is 32.7 Å². The number of benzene rings is 1. The Balaban J connectivity index is 2.28. The van der Waals surface area contributed by atoms with Crippen LogP contribution in [0.1, 0.15) is 44.6 Å². The number of fused-ring (bicyclic) bond motifs is 1. The zero-order chi connectivity index (χ0) is 14.0. The molecule has 0 fully saturated rings. The molecule has 1 unspecified atom stereocenters. The Labute approximate surface area is 125 Å². The molecule has 106 valence electrons. The van der Waals surface area contributed by atoms with Crippen LogP contribution < -0.4 is 9.47 Å². The second-order valence-corrected chi connectivity index (χ2v) is 7.04. The third kappa shape index (κ3) is 3.93. The lowest BCUT2D eigenvalue weighted by Crippen LogP contribution is -2.09. The highest BCUT2D eigenvalue weighted by atomic mass is 35.5. The molecule has 1 aliphatic rings. The van der Waals surface area contributed by atoms with E-state index in [2.05, 4.69) is 20.8 Å². The Kier molecular flexibility index (Phi) is 4.52. The fraction of sp³-hybridized carbons (Fsp3) is 0.600. The van der Waals surface area contributed by atoms with E-state index in [0.717, 1.165) is 24.2 Å². The highest BCUT2D eigenvalue weighted by Crippen LogP contribution is 2.42. The Bertz CT molecular complexity index is 452. The van der Waals surface area contributed by atoms with Crippen LogP contribution in [0.2, 0.25) is 5.02 Å². The first-order valence-electron chi connectivity index (χ1n) is 6.60. The molecule has 1 aliphatic heterocycles. The molecule has 2 rings (SSSR count). The number of hydrogen-bond donors (Lipinski definition) is 0.